The van der Waals surface area contributed by atoms with Gasteiger partial charge in [-0.25, -0.2) is 18.6 Å². The Labute approximate surface area is 144 Å². The first-order chi connectivity index (χ1) is 11.4. The smallest absolute Gasteiger partial charge is 0.412 e. The molecule has 25 heavy (non-hydrogen) atoms. The van der Waals surface area contributed by atoms with Gasteiger partial charge in [-0.3, -0.25) is 9.69 Å². The molecule has 1 aromatic rings. The molecule has 9 heteroatoms. The van der Waals surface area contributed by atoms with Crippen molar-refractivity contribution < 1.29 is 28.2 Å². The third-order valence-electron chi connectivity index (χ3n) is 3.02. The van der Waals surface area contributed by atoms with E-state index in [4.69, 9.17) is 4.74 Å². The van der Waals surface area contributed by atoms with E-state index in [1.807, 2.05) is 0 Å². The number of pyridine rings is 1. The van der Waals surface area contributed by atoms with Gasteiger partial charge in [0.25, 0.3) is 5.88 Å². The molecule has 0 spiro atoms. The van der Waals surface area contributed by atoms with Gasteiger partial charge < -0.3 is 14.7 Å². The number of ether oxygens (including phenoxy) is 1. The molecular formula is C16H21F2N3O4. The summed E-state index contributed by atoms with van der Waals surface area (Å²) in [5.74, 6) is -3.87. The molecular weight excluding hydrogens is 336 g/mol. The molecule has 0 aromatic carbocycles. The first-order valence-electron chi connectivity index (χ1n) is 7.26. The number of hydrogen-bond acceptors (Lipinski definition) is 5. The number of hydrogen-bond donors (Lipinski definition) is 1. The second-order valence-electron chi connectivity index (χ2n) is 6.41. The Morgan fingerprint density at radius 2 is 1.88 bits per heavy atom. The molecule has 1 rings (SSSR count). The van der Waals surface area contributed by atoms with Crippen LogP contribution in [0.5, 0.6) is 5.88 Å². The fraction of sp³-hybridized carbons (Fsp3) is 0.438. The maximum atomic E-state index is 14.1. The van der Waals surface area contributed by atoms with E-state index in [-0.39, 0.29) is 5.69 Å². The maximum absolute atomic E-state index is 14.1. The minimum Gasteiger partial charge on any atom is -0.479 e. The number of Topliss-reactive ketones (excluding diaryl/α,β-unsaturated/α-hetero) is 1. The number of aromatic nitrogens is 1. The molecule has 138 valence electrons. The molecule has 0 atom stereocenters. The summed E-state index contributed by atoms with van der Waals surface area (Å²) in [6.45, 7) is 4.64. The number of carbonyl (C=O) groups is 2. The molecule has 7 nitrogen and oxygen atoms in total. The van der Waals surface area contributed by atoms with Crippen LogP contribution in [-0.2, 0) is 0 Å². The Balaban J connectivity index is 3.70. The van der Waals surface area contributed by atoms with E-state index < -0.39 is 40.6 Å². The van der Waals surface area contributed by atoms with Gasteiger partial charge in [0.2, 0.25) is 5.78 Å². The lowest BCUT2D eigenvalue weighted by Gasteiger charge is -2.33. The number of halogens is 2. The molecule has 1 amide bonds. The SMILES string of the molecule is COc1nc(C(=O)C(F)=CN(C)C)c(N(C(=O)O)C(C)(C)C)cc1F. The van der Waals surface area contributed by atoms with E-state index in [1.54, 1.807) is 20.8 Å². The maximum Gasteiger partial charge on any atom is 0.412 e. The molecule has 0 aliphatic heterocycles. The van der Waals surface area contributed by atoms with Crippen molar-refractivity contribution in [1.29, 1.82) is 0 Å². The molecule has 1 aromatic heterocycles. The van der Waals surface area contributed by atoms with E-state index >= 15 is 0 Å². The van der Waals surface area contributed by atoms with Crippen LogP contribution >= 0.6 is 0 Å². The molecule has 0 aliphatic carbocycles. The summed E-state index contributed by atoms with van der Waals surface area (Å²) in [5.41, 5.74) is -1.97. The van der Waals surface area contributed by atoms with Crippen LogP contribution in [0.2, 0.25) is 0 Å². The normalized spacial score (nSPS) is 11.9. The first-order valence-corrected chi connectivity index (χ1v) is 7.26. The van der Waals surface area contributed by atoms with E-state index in [0.29, 0.717) is 0 Å². The quantitative estimate of drug-likeness (QED) is 0.644. The Morgan fingerprint density at radius 3 is 2.28 bits per heavy atom. The zero-order valence-corrected chi connectivity index (χ0v) is 14.9. The summed E-state index contributed by atoms with van der Waals surface area (Å²) in [7, 11) is 4.14. The Hall–Kier alpha value is -2.71. The highest BCUT2D eigenvalue weighted by molar-refractivity contribution is 6.11. The summed E-state index contributed by atoms with van der Waals surface area (Å²) in [4.78, 5) is 29.8. The summed E-state index contributed by atoms with van der Waals surface area (Å²) < 4.78 is 32.9. The predicted octanol–water partition coefficient (Wildman–Crippen LogP) is 3.07. The molecule has 0 radical (unpaired) electrons. The van der Waals surface area contributed by atoms with Crippen LogP contribution < -0.4 is 9.64 Å². The zero-order valence-electron chi connectivity index (χ0n) is 14.9. The molecule has 0 unspecified atom stereocenters. The Morgan fingerprint density at radius 1 is 1.32 bits per heavy atom. The summed E-state index contributed by atoms with van der Waals surface area (Å²) >= 11 is 0. The Bertz CT molecular complexity index is 712. The minimum absolute atomic E-state index is 0.370. The number of anilines is 1. The monoisotopic (exact) mass is 357 g/mol. The van der Waals surface area contributed by atoms with Crippen LogP contribution in [0.4, 0.5) is 19.3 Å². The van der Waals surface area contributed by atoms with Gasteiger partial charge in [0.1, 0.15) is 5.69 Å². The van der Waals surface area contributed by atoms with Crippen molar-refractivity contribution in [3.63, 3.8) is 0 Å². The van der Waals surface area contributed by atoms with Gasteiger partial charge >= 0.3 is 6.09 Å². The fourth-order valence-electron chi connectivity index (χ4n) is 2.09. The van der Waals surface area contributed by atoms with Crippen LogP contribution in [0, 0.1) is 5.82 Å². The van der Waals surface area contributed by atoms with Gasteiger partial charge in [0.15, 0.2) is 11.6 Å². The van der Waals surface area contributed by atoms with Crippen molar-refractivity contribution in [2.45, 2.75) is 26.3 Å². The zero-order chi connectivity index (χ0) is 19.5. The van der Waals surface area contributed by atoms with Crippen molar-refractivity contribution in [2.75, 3.05) is 26.1 Å². The summed E-state index contributed by atoms with van der Waals surface area (Å²) in [5, 5.41) is 9.49. The van der Waals surface area contributed by atoms with Crippen LogP contribution in [-0.4, -0.2) is 53.6 Å². The number of amides is 1. The number of carboxylic acid groups (broad SMARTS) is 1. The van der Waals surface area contributed by atoms with E-state index in [2.05, 4.69) is 4.98 Å². The fourth-order valence-corrected chi connectivity index (χ4v) is 2.09. The van der Waals surface area contributed by atoms with E-state index in [1.165, 1.54) is 19.0 Å². The minimum atomic E-state index is -1.44. The lowest BCUT2D eigenvalue weighted by atomic mass is 10.0. The number of nitrogens with zero attached hydrogens (tertiary/aromatic N) is 3. The van der Waals surface area contributed by atoms with Crippen molar-refractivity contribution >= 4 is 17.6 Å². The van der Waals surface area contributed by atoms with Crippen LogP contribution in [0.25, 0.3) is 0 Å². The van der Waals surface area contributed by atoms with E-state index in [9.17, 15) is 23.5 Å². The molecule has 0 saturated carbocycles. The lowest BCUT2D eigenvalue weighted by Crippen LogP contribution is -2.46. The number of carbonyl (C=O) groups excluding carboxylic acids is 1. The van der Waals surface area contributed by atoms with E-state index in [0.717, 1.165) is 24.3 Å². The van der Waals surface area contributed by atoms with Crippen LogP contribution in [0.15, 0.2) is 18.1 Å². The lowest BCUT2D eigenvalue weighted by molar-refractivity contribution is 0.0996. The second-order valence-corrected chi connectivity index (χ2v) is 6.41. The van der Waals surface area contributed by atoms with Crippen molar-refractivity contribution in [2.24, 2.45) is 0 Å². The molecule has 1 N–H and O–H groups in total. The molecule has 0 aliphatic rings. The first kappa shape index (κ1) is 20.3. The number of ketones is 1. The van der Waals surface area contributed by atoms with Crippen molar-refractivity contribution in [3.05, 3.63) is 29.6 Å². The third kappa shape index (κ3) is 4.65. The van der Waals surface area contributed by atoms with Crippen LogP contribution in [0.1, 0.15) is 31.3 Å². The van der Waals surface area contributed by atoms with Gasteiger partial charge in [0.05, 0.1) is 12.8 Å². The summed E-state index contributed by atoms with van der Waals surface area (Å²) in [6, 6.07) is 0.793. The van der Waals surface area contributed by atoms with Gasteiger partial charge in [0, 0.05) is 31.9 Å². The highest BCUT2D eigenvalue weighted by atomic mass is 19.1. The van der Waals surface area contributed by atoms with Crippen molar-refractivity contribution in [1.82, 2.24) is 9.88 Å². The number of allylic oxidation sites excluding steroid dienone is 1. The average molecular weight is 357 g/mol. The largest absolute Gasteiger partial charge is 0.479 e. The van der Waals surface area contributed by atoms with Crippen LogP contribution in [0.3, 0.4) is 0 Å². The molecule has 1 heterocycles. The topological polar surface area (TPSA) is 83.0 Å². The van der Waals surface area contributed by atoms with Gasteiger partial charge in [-0.05, 0) is 20.8 Å². The highest BCUT2D eigenvalue weighted by Crippen LogP contribution is 2.32. The second kappa shape index (κ2) is 7.45. The summed E-state index contributed by atoms with van der Waals surface area (Å²) in [6.07, 6.45) is -0.531. The standard InChI is InChI=1S/C16H21F2N3O4/c1-16(2,3)21(15(23)24)11-7-9(17)14(25-6)19-12(11)13(22)10(18)8-20(4)5/h7-8H,1-6H3,(H,23,24). The third-order valence-corrected chi connectivity index (χ3v) is 3.02. The molecule has 0 fully saturated rings. The predicted molar refractivity (Wildman–Crippen MR) is 88.2 cm³/mol. The Kier molecular flexibility index (Phi) is 6.06. The molecule has 0 bridgehead atoms. The highest BCUT2D eigenvalue weighted by Gasteiger charge is 2.34. The number of methoxy groups -OCH3 is 1. The molecule has 0 saturated heterocycles. The van der Waals surface area contributed by atoms with Gasteiger partial charge in [-0.15, -0.1) is 0 Å². The average Bonchev–Trinajstić information content (AvgIpc) is 2.44. The van der Waals surface area contributed by atoms with Crippen molar-refractivity contribution in [3.8, 4) is 5.88 Å². The van der Waals surface area contributed by atoms with Gasteiger partial charge in [-0.2, -0.15) is 0 Å². The van der Waals surface area contributed by atoms with Gasteiger partial charge in [-0.1, -0.05) is 0 Å². The number of rotatable bonds is 5.